The van der Waals surface area contributed by atoms with E-state index in [-0.39, 0.29) is 17.2 Å². The van der Waals surface area contributed by atoms with E-state index in [0.29, 0.717) is 11.3 Å². The van der Waals surface area contributed by atoms with Gasteiger partial charge < -0.3 is 9.26 Å². The van der Waals surface area contributed by atoms with Crippen molar-refractivity contribution in [1.29, 1.82) is 0 Å². The van der Waals surface area contributed by atoms with E-state index in [4.69, 9.17) is 9.26 Å². The molecule has 2 aromatic carbocycles. The summed E-state index contributed by atoms with van der Waals surface area (Å²) >= 11 is 0. The van der Waals surface area contributed by atoms with E-state index in [1.165, 1.54) is 13.2 Å². The molecular formula is C19H20N2O4S. The molecule has 3 aromatic rings. The third-order valence-corrected chi connectivity index (χ3v) is 5.37. The predicted octanol–water partition coefficient (Wildman–Crippen LogP) is 3.45. The molecule has 1 N–H and O–H groups in total. The van der Waals surface area contributed by atoms with Gasteiger partial charge in [0.1, 0.15) is 10.6 Å². The fraction of sp³-hybridized carbons (Fsp3) is 0.211. The molecule has 0 unspecified atom stereocenters. The molecule has 0 aliphatic heterocycles. The van der Waals surface area contributed by atoms with Gasteiger partial charge in [0, 0.05) is 18.2 Å². The second-order valence-electron chi connectivity index (χ2n) is 6.01. The van der Waals surface area contributed by atoms with E-state index in [0.717, 1.165) is 16.8 Å². The van der Waals surface area contributed by atoms with Gasteiger partial charge in [0.25, 0.3) is 0 Å². The highest BCUT2D eigenvalue weighted by Crippen LogP contribution is 2.30. The largest absolute Gasteiger partial charge is 0.495 e. The minimum Gasteiger partial charge on any atom is -0.495 e. The summed E-state index contributed by atoms with van der Waals surface area (Å²) < 4.78 is 38.7. The van der Waals surface area contributed by atoms with Crippen molar-refractivity contribution in [3.8, 4) is 17.1 Å². The number of hydrogen-bond donors (Lipinski definition) is 1. The second-order valence-corrected chi connectivity index (χ2v) is 7.74. The molecular weight excluding hydrogens is 352 g/mol. The van der Waals surface area contributed by atoms with E-state index >= 15 is 0 Å². The van der Waals surface area contributed by atoms with Crippen LogP contribution < -0.4 is 9.46 Å². The zero-order chi connectivity index (χ0) is 18.7. The van der Waals surface area contributed by atoms with Gasteiger partial charge in [-0.15, -0.1) is 0 Å². The average Bonchev–Trinajstić information content (AvgIpc) is 3.07. The maximum Gasteiger partial charge on any atom is 0.244 e. The standard InChI is InChI=1S/C19H20N2O4S/c1-13-4-6-15(7-5-13)12-20-26(22,23)19-11-16(8-9-17(19)24-3)18-10-14(2)21-25-18/h4-11,20H,12H2,1-3H3. The number of ether oxygens (including phenoxy) is 1. The quantitative estimate of drug-likeness (QED) is 0.717. The fourth-order valence-electron chi connectivity index (χ4n) is 2.50. The van der Waals surface area contributed by atoms with Crippen LogP contribution in [0, 0.1) is 13.8 Å². The Kier molecular flexibility index (Phi) is 5.11. The molecule has 0 spiro atoms. The Labute approximate surface area is 152 Å². The van der Waals surface area contributed by atoms with E-state index < -0.39 is 10.0 Å². The molecule has 0 aliphatic rings. The summed E-state index contributed by atoms with van der Waals surface area (Å²) in [6.45, 7) is 3.98. The topological polar surface area (TPSA) is 81.4 Å². The highest BCUT2D eigenvalue weighted by Gasteiger charge is 2.21. The van der Waals surface area contributed by atoms with Crippen LogP contribution in [0.5, 0.6) is 5.75 Å². The monoisotopic (exact) mass is 372 g/mol. The zero-order valence-corrected chi connectivity index (χ0v) is 15.6. The van der Waals surface area contributed by atoms with Crippen molar-refractivity contribution in [2.75, 3.05) is 7.11 Å². The molecule has 0 bridgehead atoms. The summed E-state index contributed by atoms with van der Waals surface area (Å²) in [5.74, 6) is 0.765. The van der Waals surface area contributed by atoms with Crippen molar-refractivity contribution in [1.82, 2.24) is 9.88 Å². The van der Waals surface area contributed by atoms with Crippen LogP contribution in [0.3, 0.4) is 0 Å². The predicted molar refractivity (Wildman–Crippen MR) is 98.4 cm³/mol. The number of benzene rings is 2. The van der Waals surface area contributed by atoms with E-state index in [9.17, 15) is 8.42 Å². The van der Waals surface area contributed by atoms with Crippen LogP contribution in [0.25, 0.3) is 11.3 Å². The van der Waals surface area contributed by atoms with Gasteiger partial charge in [-0.05, 0) is 37.6 Å². The lowest BCUT2D eigenvalue weighted by molar-refractivity contribution is 0.402. The normalized spacial score (nSPS) is 11.5. The molecule has 136 valence electrons. The molecule has 0 atom stereocenters. The van der Waals surface area contributed by atoms with Crippen LogP contribution >= 0.6 is 0 Å². The van der Waals surface area contributed by atoms with Gasteiger partial charge in [0.15, 0.2) is 5.76 Å². The second kappa shape index (κ2) is 7.31. The molecule has 6 nitrogen and oxygen atoms in total. The first-order chi connectivity index (χ1) is 12.4. The molecule has 7 heteroatoms. The highest BCUT2D eigenvalue weighted by atomic mass is 32.2. The molecule has 0 fully saturated rings. The van der Waals surface area contributed by atoms with Crippen molar-refractivity contribution in [3.05, 3.63) is 65.4 Å². The van der Waals surface area contributed by atoms with Crippen LogP contribution in [-0.4, -0.2) is 20.7 Å². The lowest BCUT2D eigenvalue weighted by Gasteiger charge is -2.12. The van der Waals surface area contributed by atoms with Gasteiger partial charge in [-0.1, -0.05) is 35.0 Å². The fourth-order valence-corrected chi connectivity index (χ4v) is 3.71. The van der Waals surface area contributed by atoms with Crippen molar-refractivity contribution in [2.24, 2.45) is 0 Å². The van der Waals surface area contributed by atoms with Crippen LogP contribution in [0.4, 0.5) is 0 Å². The first kappa shape index (κ1) is 18.2. The van der Waals surface area contributed by atoms with Crippen LogP contribution in [0.15, 0.2) is 57.9 Å². The number of aryl methyl sites for hydroxylation is 2. The van der Waals surface area contributed by atoms with Gasteiger partial charge in [0.2, 0.25) is 10.0 Å². The Balaban J connectivity index is 1.90. The minimum absolute atomic E-state index is 0.0543. The van der Waals surface area contributed by atoms with Gasteiger partial charge in [-0.25, -0.2) is 13.1 Å². The molecule has 1 heterocycles. The van der Waals surface area contributed by atoms with Crippen molar-refractivity contribution in [3.63, 3.8) is 0 Å². The first-order valence-corrected chi connectivity index (χ1v) is 9.54. The number of rotatable bonds is 6. The summed E-state index contributed by atoms with van der Waals surface area (Å²) in [6, 6.07) is 14.3. The average molecular weight is 372 g/mol. The van der Waals surface area contributed by atoms with Gasteiger partial charge >= 0.3 is 0 Å². The van der Waals surface area contributed by atoms with E-state index in [2.05, 4.69) is 9.88 Å². The van der Waals surface area contributed by atoms with E-state index in [1.54, 1.807) is 25.1 Å². The SMILES string of the molecule is COc1ccc(-c2cc(C)no2)cc1S(=O)(=O)NCc1ccc(C)cc1. The van der Waals surface area contributed by atoms with E-state index in [1.807, 2.05) is 31.2 Å². The Morgan fingerprint density at radius 3 is 2.42 bits per heavy atom. The number of hydrogen-bond acceptors (Lipinski definition) is 5. The number of nitrogens with one attached hydrogen (secondary N) is 1. The number of methoxy groups -OCH3 is 1. The maximum absolute atomic E-state index is 12.8. The Morgan fingerprint density at radius 1 is 1.08 bits per heavy atom. The molecule has 0 radical (unpaired) electrons. The lowest BCUT2D eigenvalue weighted by Crippen LogP contribution is -2.23. The Hall–Kier alpha value is -2.64. The summed E-state index contributed by atoms with van der Waals surface area (Å²) in [7, 11) is -2.34. The molecule has 0 amide bonds. The smallest absolute Gasteiger partial charge is 0.244 e. The van der Waals surface area contributed by atoms with Gasteiger partial charge in [0.05, 0.1) is 12.8 Å². The third kappa shape index (κ3) is 3.95. The number of sulfonamides is 1. The molecule has 0 saturated carbocycles. The molecule has 0 saturated heterocycles. The van der Waals surface area contributed by atoms with Crippen molar-refractivity contribution in [2.45, 2.75) is 25.3 Å². The van der Waals surface area contributed by atoms with Gasteiger partial charge in [-0.3, -0.25) is 0 Å². The third-order valence-electron chi connectivity index (χ3n) is 3.95. The molecule has 1 aromatic heterocycles. The number of nitrogens with zero attached hydrogens (tertiary/aromatic N) is 1. The highest BCUT2D eigenvalue weighted by molar-refractivity contribution is 7.89. The summed E-state index contributed by atoms with van der Waals surface area (Å²) in [4.78, 5) is 0.0543. The minimum atomic E-state index is -3.77. The summed E-state index contributed by atoms with van der Waals surface area (Å²) in [5.41, 5.74) is 3.33. The zero-order valence-electron chi connectivity index (χ0n) is 14.8. The summed E-state index contributed by atoms with van der Waals surface area (Å²) in [6.07, 6.45) is 0. The molecule has 26 heavy (non-hydrogen) atoms. The Bertz CT molecular complexity index is 1010. The maximum atomic E-state index is 12.8. The van der Waals surface area contributed by atoms with Crippen LogP contribution in [-0.2, 0) is 16.6 Å². The number of aromatic nitrogens is 1. The first-order valence-electron chi connectivity index (χ1n) is 8.06. The molecule has 3 rings (SSSR count). The van der Waals surface area contributed by atoms with Crippen molar-refractivity contribution >= 4 is 10.0 Å². The van der Waals surface area contributed by atoms with Crippen molar-refractivity contribution < 1.29 is 17.7 Å². The molecule has 0 aliphatic carbocycles. The van der Waals surface area contributed by atoms with Crippen LogP contribution in [0.2, 0.25) is 0 Å². The lowest BCUT2D eigenvalue weighted by atomic mass is 10.1. The van der Waals surface area contributed by atoms with Crippen LogP contribution in [0.1, 0.15) is 16.8 Å². The van der Waals surface area contributed by atoms with Gasteiger partial charge in [-0.2, -0.15) is 0 Å². The Morgan fingerprint density at radius 2 is 1.81 bits per heavy atom. The summed E-state index contributed by atoms with van der Waals surface area (Å²) in [5, 5.41) is 3.84.